The standard InChI is InChI=1S/C19H14BrNO2S2/c1-23-16-9-7-15(8-10-16)21-18(22)17(25-19(21)24)12-14(20)11-13-5-3-2-4-6-13/h2-12H,1H3/b14-11-,17-12+. The van der Waals surface area contributed by atoms with Crippen LogP contribution in [0.1, 0.15) is 5.56 Å². The Balaban J connectivity index is 1.84. The summed E-state index contributed by atoms with van der Waals surface area (Å²) in [5, 5.41) is 0. The minimum atomic E-state index is -0.126. The highest BCUT2D eigenvalue weighted by Gasteiger charge is 2.33. The van der Waals surface area contributed by atoms with E-state index in [4.69, 9.17) is 17.0 Å². The second-order valence-electron chi connectivity index (χ2n) is 5.16. The van der Waals surface area contributed by atoms with Crippen molar-refractivity contribution in [2.75, 3.05) is 12.0 Å². The molecule has 25 heavy (non-hydrogen) atoms. The third kappa shape index (κ3) is 4.21. The first-order valence-electron chi connectivity index (χ1n) is 7.43. The highest BCUT2D eigenvalue weighted by molar-refractivity contribution is 9.12. The van der Waals surface area contributed by atoms with Gasteiger partial charge in [-0.2, -0.15) is 0 Å². The first-order valence-corrected chi connectivity index (χ1v) is 9.44. The Labute approximate surface area is 164 Å². The van der Waals surface area contributed by atoms with Crippen LogP contribution in [0.4, 0.5) is 5.69 Å². The van der Waals surface area contributed by atoms with Gasteiger partial charge in [0.25, 0.3) is 5.91 Å². The Hall–Kier alpha value is -1.89. The van der Waals surface area contributed by atoms with Gasteiger partial charge in [0.15, 0.2) is 4.32 Å². The number of allylic oxidation sites excluding steroid dienone is 2. The van der Waals surface area contributed by atoms with Crippen molar-refractivity contribution < 1.29 is 9.53 Å². The molecule has 0 radical (unpaired) electrons. The van der Waals surface area contributed by atoms with Crippen molar-refractivity contribution in [2.45, 2.75) is 0 Å². The van der Waals surface area contributed by atoms with Gasteiger partial charge < -0.3 is 4.74 Å². The minimum absolute atomic E-state index is 0.126. The number of halogens is 1. The van der Waals surface area contributed by atoms with Gasteiger partial charge >= 0.3 is 0 Å². The molecule has 0 spiro atoms. The molecule has 0 aromatic heterocycles. The first-order chi connectivity index (χ1) is 12.1. The maximum absolute atomic E-state index is 12.7. The number of hydrogen-bond acceptors (Lipinski definition) is 4. The fraction of sp³-hybridized carbons (Fsp3) is 0.0526. The fourth-order valence-corrected chi connectivity index (χ4v) is 4.23. The number of benzene rings is 2. The van der Waals surface area contributed by atoms with Gasteiger partial charge in [0.1, 0.15) is 5.75 Å². The van der Waals surface area contributed by atoms with Gasteiger partial charge in [-0.1, -0.05) is 70.2 Å². The summed E-state index contributed by atoms with van der Waals surface area (Å²) in [6, 6.07) is 17.2. The second kappa shape index (κ2) is 7.99. The van der Waals surface area contributed by atoms with E-state index < -0.39 is 0 Å². The Morgan fingerprint density at radius 2 is 1.84 bits per heavy atom. The molecule has 1 amide bonds. The molecule has 0 unspecified atom stereocenters. The van der Waals surface area contributed by atoms with Crippen LogP contribution in [0.3, 0.4) is 0 Å². The number of methoxy groups -OCH3 is 1. The summed E-state index contributed by atoms with van der Waals surface area (Å²) in [4.78, 5) is 14.8. The molecule has 126 valence electrons. The lowest BCUT2D eigenvalue weighted by atomic mass is 10.2. The average Bonchev–Trinajstić information content (AvgIpc) is 2.89. The van der Waals surface area contributed by atoms with Gasteiger partial charge in [-0.25, -0.2) is 0 Å². The molecule has 0 saturated carbocycles. The lowest BCUT2D eigenvalue weighted by Crippen LogP contribution is -2.27. The van der Waals surface area contributed by atoms with E-state index >= 15 is 0 Å². The topological polar surface area (TPSA) is 29.5 Å². The molecule has 1 aliphatic heterocycles. The van der Waals surface area contributed by atoms with Crippen LogP contribution in [0.2, 0.25) is 0 Å². The van der Waals surface area contributed by atoms with Crippen LogP contribution < -0.4 is 9.64 Å². The normalized spacial score (nSPS) is 16.6. The number of anilines is 1. The molecule has 2 aromatic carbocycles. The summed E-state index contributed by atoms with van der Waals surface area (Å²) in [7, 11) is 1.61. The molecule has 2 aromatic rings. The van der Waals surface area contributed by atoms with E-state index in [2.05, 4.69) is 15.9 Å². The maximum atomic E-state index is 12.7. The first kappa shape index (κ1) is 17.9. The molecule has 0 aliphatic carbocycles. The van der Waals surface area contributed by atoms with E-state index in [0.717, 1.165) is 21.5 Å². The zero-order valence-corrected chi connectivity index (χ0v) is 16.5. The molecular formula is C19H14BrNO2S2. The number of carbonyl (C=O) groups excluding carboxylic acids is 1. The van der Waals surface area contributed by atoms with E-state index in [-0.39, 0.29) is 5.91 Å². The van der Waals surface area contributed by atoms with Gasteiger partial charge in [0.05, 0.1) is 17.7 Å². The van der Waals surface area contributed by atoms with Gasteiger partial charge in [0, 0.05) is 4.48 Å². The Morgan fingerprint density at radius 3 is 2.48 bits per heavy atom. The lowest BCUT2D eigenvalue weighted by molar-refractivity contribution is -0.113. The molecule has 0 bridgehead atoms. The van der Waals surface area contributed by atoms with E-state index in [1.54, 1.807) is 13.2 Å². The number of amides is 1. The summed E-state index contributed by atoms with van der Waals surface area (Å²) in [5.74, 6) is 0.608. The van der Waals surface area contributed by atoms with Crippen molar-refractivity contribution in [1.29, 1.82) is 0 Å². The minimum Gasteiger partial charge on any atom is -0.497 e. The van der Waals surface area contributed by atoms with Crippen LogP contribution in [0.15, 0.2) is 70.1 Å². The van der Waals surface area contributed by atoms with E-state index in [1.165, 1.54) is 16.7 Å². The third-order valence-corrected chi connectivity index (χ3v) is 5.26. The van der Waals surface area contributed by atoms with Crippen molar-refractivity contribution in [2.24, 2.45) is 0 Å². The van der Waals surface area contributed by atoms with Crippen molar-refractivity contribution >= 4 is 61.9 Å². The SMILES string of the molecule is COc1ccc(N2C(=O)/C(=C\C(Br)=C\c3ccccc3)SC2=S)cc1. The predicted octanol–water partition coefficient (Wildman–Crippen LogP) is 5.38. The van der Waals surface area contributed by atoms with Crippen LogP contribution in [0.5, 0.6) is 5.75 Å². The van der Waals surface area contributed by atoms with Gasteiger partial charge in [-0.3, -0.25) is 9.69 Å². The van der Waals surface area contributed by atoms with Crippen molar-refractivity contribution in [1.82, 2.24) is 0 Å². The number of carbonyl (C=O) groups is 1. The van der Waals surface area contributed by atoms with Gasteiger partial charge in [0.2, 0.25) is 0 Å². The Kier molecular flexibility index (Phi) is 5.73. The zero-order chi connectivity index (χ0) is 17.8. The zero-order valence-electron chi connectivity index (χ0n) is 13.3. The molecule has 3 rings (SSSR count). The second-order valence-corrected chi connectivity index (χ2v) is 7.75. The van der Waals surface area contributed by atoms with E-state index in [0.29, 0.717) is 9.23 Å². The Bertz CT molecular complexity index is 861. The number of ether oxygens (including phenoxy) is 1. The fourth-order valence-electron chi connectivity index (χ4n) is 2.30. The molecule has 3 nitrogen and oxygen atoms in total. The van der Waals surface area contributed by atoms with E-state index in [9.17, 15) is 4.79 Å². The third-order valence-electron chi connectivity index (χ3n) is 3.50. The highest BCUT2D eigenvalue weighted by Crippen LogP contribution is 2.36. The van der Waals surface area contributed by atoms with Crippen LogP contribution in [0, 0.1) is 0 Å². The molecule has 1 fully saturated rings. The number of thioether (sulfide) groups is 1. The molecule has 0 atom stereocenters. The van der Waals surface area contributed by atoms with Crippen LogP contribution in [0.25, 0.3) is 6.08 Å². The lowest BCUT2D eigenvalue weighted by Gasteiger charge is -2.14. The van der Waals surface area contributed by atoms with Crippen LogP contribution in [-0.2, 0) is 4.79 Å². The summed E-state index contributed by atoms with van der Waals surface area (Å²) in [6.07, 6.45) is 3.76. The molecule has 6 heteroatoms. The van der Waals surface area contributed by atoms with Crippen molar-refractivity contribution in [3.05, 3.63) is 75.6 Å². The van der Waals surface area contributed by atoms with Crippen LogP contribution >= 0.6 is 39.9 Å². The number of rotatable bonds is 4. The maximum Gasteiger partial charge on any atom is 0.270 e. The van der Waals surface area contributed by atoms with Gasteiger partial charge in [-0.05, 0) is 42.0 Å². The quantitative estimate of drug-likeness (QED) is 0.479. The summed E-state index contributed by atoms with van der Waals surface area (Å²) in [6.45, 7) is 0. The Morgan fingerprint density at radius 1 is 1.16 bits per heavy atom. The summed E-state index contributed by atoms with van der Waals surface area (Å²) < 4.78 is 6.48. The smallest absolute Gasteiger partial charge is 0.270 e. The molecule has 1 heterocycles. The molecular weight excluding hydrogens is 418 g/mol. The monoisotopic (exact) mass is 431 g/mol. The average molecular weight is 432 g/mol. The molecule has 0 N–H and O–H groups in total. The molecule has 1 aliphatic rings. The number of nitrogens with zero attached hydrogens (tertiary/aromatic N) is 1. The van der Waals surface area contributed by atoms with E-state index in [1.807, 2.05) is 60.7 Å². The predicted molar refractivity (Wildman–Crippen MR) is 112 cm³/mol. The number of hydrogen-bond donors (Lipinski definition) is 0. The van der Waals surface area contributed by atoms with Crippen molar-refractivity contribution in [3.63, 3.8) is 0 Å². The highest BCUT2D eigenvalue weighted by atomic mass is 79.9. The summed E-state index contributed by atoms with van der Waals surface area (Å²) in [5.41, 5.74) is 1.78. The van der Waals surface area contributed by atoms with Crippen LogP contribution in [-0.4, -0.2) is 17.3 Å². The van der Waals surface area contributed by atoms with Gasteiger partial charge in [-0.15, -0.1) is 0 Å². The number of thiocarbonyl (C=S) groups is 1. The molecule has 1 saturated heterocycles. The summed E-state index contributed by atoms with van der Waals surface area (Å²) >= 11 is 10.2. The van der Waals surface area contributed by atoms with Crippen molar-refractivity contribution in [3.8, 4) is 5.75 Å². The largest absolute Gasteiger partial charge is 0.497 e.